The predicted molar refractivity (Wildman–Crippen MR) is 71.1 cm³/mol. The van der Waals surface area contributed by atoms with E-state index in [4.69, 9.17) is 4.74 Å². The number of carboxylic acids is 1. The lowest BCUT2D eigenvalue weighted by atomic mass is 10.2. The van der Waals surface area contributed by atoms with Crippen molar-refractivity contribution in [1.29, 1.82) is 0 Å². The minimum atomic E-state index is -1.15. The smallest absolute Gasteiger partial charge is 0.358 e. The molecule has 0 aromatic carbocycles. The fraction of sp³-hybridized carbons (Fsp3) is 0.385. The van der Waals surface area contributed by atoms with Crippen LogP contribution in [0.25, 0.3) is 0 Å². The van der Waals surface area contributed by atoms with E-state index in [1.54, 1.807) is 13.1 Å². The van der Waals surface area contributed by atoms with E-state index in [9.17, 15) is 9.90 Å². The molecule has 0 atom stereocenters. The van der Waals surface area contributed by atoms with E-state index >= 15 is 0 Å². The van der Waals surface area contributed by atoms with Crippen molar-refractivity contribution in [2.75, 3.05) is 0 Å². The first-order valence-electron chi connectivity index (χ1n) is 6.17. The van der Waals surface area contributed by atoms with Gasteiger partial charge in [0, 0.05) is 19.0 Å². The molecule has 1 N–H and O–H groups in total. The summed E-state index contributed by atoms with van der Waals surface area (Å²) in [5, 5.41) is 13.4. The lowest BCUT2D eigenvalue weighted by molar-refractivity contribution is 0.0686. The monoisotopic (exact) mass is 276 g/mol. The van der Waals surface area contributed by atoms with Crippen molar-refractivity contribution in [2.45, 2.75) is 26.7 Å². The van der Waals surface area contributed by atoms with Crippen LogP contribution in [0.2, 0.25) is 0 Å². The van der Waals surface area contributed by atoms with Crippen molar-refractivity contribution in [1.82, 2.24) is 19.7 Å². The summed E-state index contributed by atoms with van der Waals surface area (Å²) in [6.45, 7) is 5.61. The van der Waals surface area contributed by atoms with Crippen LogP contribution in [-0.2, 0) is 7.05 Å². The molecule has 0 bridgehead atoms. The number of carboxylic acid groups (broad SMARTS) is 1. The number of carbonyl (C=O) groups is 1. The fourth-order valence-corrected chi connectivity index (χ4v) is 1.69. The summed E-state index contributed by atoms with van der Waals surface area (Å²) in [5.74, 6) is -0.101. The van der Waals surface area contributed by atoms with Gasteiger partial charge in [0.15, 0.2) is 11.4 Å². The van der Waals surface area contributed by atoms with Crippen molar-refractivity contribution in [3.8, 4) is 11.6 Å². The minimum Gasteiger partial charge on any atom is -0.476 e. The molecule has 0 radical (unpaired) electrons. The van der Waals surface area contributed by atoms with Gasteiger partial charge in [-0.1, -0.05) is 13.8 Å². The van der Waals surface area contributed by atoms with E-state index < -0.39 is 5.97 Å². The molecule has 2 aromatic rings. The number of nitrogens with zero attached hydrogens (tertiary/aromatic N) is 4. The SMILES string of the molecule is Cc1cc(Oc2cnc(C(C)C)nc2C(=O)O)n(C)n1. The van der Waals surface area contributed by atoms with Crippen molar-refractivity contribution in [3.63, 3.8) is 0 Å². The van der Waals surface area contributed by atoms with Crippen LogP contribution in [0.5, 0.6) is 11.6 Å². The number of hydrogen-bond donors (Lipinski definition) is 1. The number of aromatic carboxylic acids is 1. The lowest BCUT2D eigenvalue weighted by Crippen LogP contribution is -2.09. The highest BCUT2D eigenvalue weighted by Gasteiger charge is 2.18. The van der Waals surface area contributed by atoms with Gasteiger partial charge in [0.2, 0.25) is 5.88 Å². The molecule has 106 valence electrons. The Labute approximate surface area is 116 Å². The first kappa shape index (κ1) is 14.0. The minimum absolute atomic E-state index is 0.0427. The number of aromatic nitrogens is 4. The Kier molecular flexibility index (Phi) is 3.69. The van der Waals surface area contributed by atoms with Gasteiger partial charge in [0.25, 0.3) is 0 Å². The van der Waals surface area contributed by atoms with Gasteiger partial charge in [-0.3, -0.25) is 0 Å². The molecule has 0 amide bonds. The first-order valence-corrected chi connectivity index (χ1v) is 6.17. The lowest BCUT2D eigenvalue weighted by Gasteiger charge is -2.10. The molecular weight excluding hydrogens is 260 g/mol. The number of ether oxygens (including phenoxy) is 1. The normalized spacial score (nSPS) is 10.8. The van der Waals surface area contributed by atoms with Crippen molar-refractivity contribution < 1.29 is 14.6 Å². The van der Waals surface area contributed by atoms with Crippen LogP contribution < -0.4 is 4.74 Å². The van der Waals surface area contributed by atoms with Crippen molar-refractivity contribution >= 4 is 5.97 Å². The zero-order valence-corrected chi connectivity index (χ0v) is 11.8. The van der Waals surface area contributed by atoms with Gasteiger partial charge in [0.05, 0.1) is 11.9 Å². The summed E-state index contributed by atoms with van der Waals surface area (Å²) >= 11 is 0. The molecule has 7 heteroatoms. The molecule has 2 heterocycles. The molecule has 20 heavy (non-hydrogen) atoms. The van der Waals surface area contributed by atoms with Crippen LogP contribution in [0.3, 0.4) is 0 Å². The molecule has 0 aliphatic heterocycles. The fourth-order valence-electron chi connectivity index (χ4n) is 1.69. The van der Waals surface area contributed by atoms with Crippen LogP contribution in [0.1, 0.15) is 41.8 Å². The maximum atomic E-state index is 11.3. The van der Waals surface area contributed by atoms with Gasteiger partial charge in [-0.15, -0.1) is 0 Å². The van der Waals surface area contributed by atoms with Gasteiger partial charge in [0.1, 0.15) is 5.82 Å². The third kappa shape index (κ3) is 2.76. The summed E-state index contributed by atoms with van der Waals surface area (Å²) in [7, 11) is 1.71. The summed E-state index contributed by atoms with van der Waals surface area (Å²) in [6, 6.07) is 1.71. The molecule has 2 aromatic heterocycles. The molecule has 0 aliphatic carbocycles. The summed E-state index contributed by atoms with van der Waals surface area (Å²) < 4.78 is 7.08. The topological polar surface area (TPSA) is 90.1 Å². The zero-order valence-electron chi connectivity index (χ0n) is 11.8. The van der Waals surface area contributed by atoms with E-state index in [1.165, 1.54) is 10.9 Å². The molecular formula is C13H16N4O3. The van der Waals surface area contributed by atoms with Crippen LogP contribution in [0.4, 0.5) is 0 Å². The number of aryl methyl sites for hydroxylation is 2. The maximum Gasteiger partial charge on any atom is 0.358 e. The highest BCUT2D eigenvalue weighted by atomic mass is 16.5. The molecule has 7 nitrogen and oxygen atoms in total. The van der Waals surface area contributed by atoms with Crippen LogP contribution >= 0.6 is 0 Å². The maximum absolute atomic E-state index is 11.3. The van der Waals surface area contributed by atoms with Crippen LogP contribution in [0.15, 0.2) is 12.3 Å². The Morgan fingerprint density at radius 3 is 2.65 bits per heavy atom. The second-order valence-electron chi connectivity index (χ2n) is 4.75. The van der Waals surface area contributed by atoms with Crippen LogP contribution in [-0.4, -0.2) is 30.8 Å². The molecule has 2 rings (SSSR count). The number of hydrogen-bond acceptors (Lipinski definition) is 5. The van der Waals surface area contributed by atoms with Gasteiger partial charge in [-0.2, -0.15) is 5.10 Å². The molecule has 0 spiro atoms. The molecule has 0 unspecified atom stereocenters. The highest BCUT2D eigenvalue weighted by molar-refractivity contribution is 5.88. The molecule has 0 aliphatic rings. The van der Waals surface area contributed by atoms with Gasteiger partial charge >= 0.3 is 5.97 Å². The first-order chi connectivity index (χ1) is 9.38. The van der Waals surface area contributed by atoms with E-state index in [-0.39, 0.29) is 17.4 Å². The quantitative estimate of drug-likeness (QED) is 0.920. The zero-order chi connectivity index (χ0) is 14.9. The molecule has 0 saturated heterocycles. The Bertz CT molecular complexity index is 649. The van der Waals surface area contributed by atoms with Gasteiger partial charge in [-0.25, -0.2) is 19.4 Å². The Morgan fingerprint density at radius 2 is 2.15 bits per heavy atom. The third-order valence-electron chi connectivity index (χ3n) is 2.67. The summed E-state index contributed by atoms with van der Waals surface area (Å²) in [6.07, 6.45) is 1.38. The standard InChI is InChI=1S/C13H16N4O3/c1-7(2)12-14-6-9(11(15-12)13(18)19)20-10-5-8(3)16-17(10)4/h5-7H,1-4H3,(H,18,19). The Balaban J connectivity index is 2.41. The van der Waals surface area contributed by atoms with Crippen LogP contribution in [0, 0.1) is 6.92 Å². The Hall–Kier alpha value is -2.44. The van der Waals surface area contributed by atoms with Crippen molar-refractivity contribution in [2.24, 2.45) is 7.05 Å². The van der Waals surface area contributed by atoms with Gasteiger partial charge in [-0.05, 0) is 6.92 Å². The predicted octanol–water partition coefficient (Wildman–Crippen LogP) is 2.13. The second kappa shape index (κ2) is 5.28. The van der Waals surface area contributed by atoms with Gasteiger partial charge < -0.3 is 9.84 Å². The van der Waals surface area contributed by atoms with E-state index in [2.05, 4.69) is 15.1 Å². The van der Waals surface area contributed by atoms with E-state index in [1.807, 2.05) is 20.8 Å². The summed E-state index contributed by atoms with van der Waals surface area (Å²) in [5.41, 5.74) is 0.627. The van der Waals surface area contributed by atoms with Crippen molar-refractivity contribution in [3.05, 3.63) is 29.5 Å². The summed E-state index contributed by atoms with van der Waals surface area (Å²) in [4.78, 5) is 19.4. The molecule has 0 saturated carbocycles. The molecule has 0 fully saturated rings. The number of rotatable bonds is 4. The largest absolute Gasteiger partial charge is 0.476 e. The average Bonchev–Trinajstić information content (AvgIpc) is 2.67. The Morgan fingerprint density at radius 1 is 1.45 bits per heavy atom. The highest BCUT2D eigenvalue weighted by Crippen LogP contribution is 2.25. The van der Waals surface area contributed by atoms with E-state index in [0.717, 1.165) is 5.69 Å². The third-order valence-corrected chi connectivity index (χ3v) is 2.67. The average molecular weight is 276 g/mol. The van der Waals surface area contributed by atoms with E-state index in [0.29, 0.717) is 11.7 Å². The second-order valence-corrected chi connectivity index (χ2v) is 4.75.